The molecule has 1 aliphatic rings. The summed E-state index contributed by atoms with van der Waals surface area (Å²) in [7, 11) is 3.68. The molecule has 1 unspecified atom stereocenters. The first kappa shape index (κ1) is 21.1. The lowest BCUT2D eigenvalue weighted by molar-refractivity contribution is 0.158. The molecule has 0 aromatic carbocycles. The monoisotopic (exact) mass is 449 g/mol. The van der Waals surface area contributed by atoms with E-state index in [9.17, 15) is 0 Å². The number of nitrogens with one attached hydrogen (secondary N) is 2. The summed E-state index contributed by atoms with van der Waals surface area (Å²) in [6.45, 7) is 6.42. The minimum absolute atomic E-state index is 0. The zero-order chi connectivity index (χ0) is 16.5. The molecule has 0 bridgehead atoms. The Morgan fingerprint density at radius 1 is 1.33 bits per heavy atom. The lowest BCUT2D eigenvalue weighted by atomic mass is 10.0. The summed E-state index contributed by atoms with van der Waals surface area (Å²) < 4.78 is 1.76. The first-order valence-electron chi connectivity index (χ1n) is 8.72. The van der Waals surface area contributed by atoms with Crippen molar-refractivity contribution in [1.29, 1.82) is 0 Å². The van der Waals surface area contributed by atoms with Gasteiger partial charge in [0.05, 0.1) is 6.54 Å². The van der Waals surface area contributed by atoms with E-state index in [4.69, 9.17) is 0 Å². The van der Waals surface area contributed by atoms with Crippen LogP contribution in [0.15, 0.2) is 11.3 Å². The Labute approximate surface area is 162 Å². The molecule has 1 aliphatic heterocycles. The average molecular weight is 449 g/mol. The van der Waals surface area contributed by atoms with Crippen molar-refractivity contribution in [3.8, 4) is 0 Å². The van der Waals surface area contributed by atoms with Crippen molar-refractivity contribution >= 4 is 29.9 Å². The number of hydrogen-bond acceptors (Lipinski definition) is 4. The lowest BCUT2D eigenvalue weighted by Gasteiger charge is -2.33. The average Bonchev–Trinajstić information content (AvgIpc) is 2.97. The van der Waals surface area contributed by atoms with Crippen molar-refractivity contribution in [1.82, 2.24) is 30.3 Å². The minimum atomic E-state index is 0. The molecule has 1 aromatic heterocycles. The normalized spacial score (nSPS) is 19.0. The van der Waals surface area contributed by atoms with Crippen LogP contribution in [0.4, 0.5) is 0 Å². The van der Waals surface area contributed by atoms with Crippen LogP contribution in [0.2, 0.25) is 0 Å². The minimum Gasteiger partial charge on any atom is -0.356 e. The first-order chi connectivity index (χ1) is 11.2. The van der Waals surface area contributed by atoms with Crippen LogP contribution in [-0.4, -0.2) is 58.3 Å². The Morgan fingerprint density at radius 3 is 2.83 bits per heavy atom. The van der Waals surface area contributed by atoms with Gasteiger partial charge in [0, 0.05) is 26.7 Å². The molecule has 2 N–H and O–H groups in total. The van der Waals surface area contributed by atoms with Crippen LogP contribution in [0.3, 0.4) is 0 Å². The van der Waals surface area contributed by atoms with E-state index in [1.165, 1.54) is 38.8 Å². The summed E-state index contributed by atoms with van der Waals surface area (Å²) in [6.07, 6.45) is 8.07. The van der Waals surface area contributed by atoms with E-state index in [-0.39, 0.29) is 24.0 Å². The SMILES string of the molecule is CN=C(NCCCCN1CCCCC1C)NCc1ncnn1C.I. The number of likely N-dealkylation sites (tertiary alicyclic amines) is 1. The number of nitrogens with zero attached hydrogens (tertiary/aromatic N) is 5. The van der Waals surface area contributed by atoms with E-state index in [1.807, 2.05) is 7.05 Å². The van der Waals surface area contributed by atoms with Crippen molar-refractivity contribution in [2.24, 2.45) is 12.0 Å². The molecule has 0 aliphatic carbocycles. The zero-order valence-corrected chi connectivity index (χ0v) is 17.5. The number of aliphatic imine (C=N–C) groups is 1. The van der Waals surface area contributed by atoms with Gasteiger partial charge < -0.3 is 15.5 Å². The molecule has 1 aromatic rings. The third-order valence-electron chi connectivity index (χ3n) is 4.55. The summed E-state index contributed by atoms with van der Waals surface area (Å²) in [5.74, 6) is 1.71. The Kier molecular flexibility index (Phi) is 10.2. The second kappa shape index (κ2) is 11.6. The number of piperidine rings is 1. The maximum absolute atomic E-state index is 4.24. The molecule has 2 heterocycles. The molecule has 1 fully saturated rings. The van der Waals surface area contributed by atoms with Gasteiger partial charge in [0.25, 0.3) is 0 Å². The fourth-order valence-corrected chi connectivity index (χ4v) is 3.00. The third-order valence-corrected chi connectivity index (χ3v) is 4.55. The van der Waals surface area contributed by atoms with Gasteiger partial charge in [0.15, 0.2) is 5.96 Å². The van der Waals surface area contributed by atoms with Crippen molar-refractivity contribution < 1.29 is 0 Å². The van der Waals surface area contributed by atoms with E-state index >= 15 is 0 Å². The van der Waals surface area contributed by atoms with Crippen LogP contribution in [0.5, 0.6) is 0 Å². The number of unbranched alkanes of at least 4 members (excludes halogenated alkanes) is 1. The molecule has 0 spiro atoms. The fourth-order valence-electron chi connectivity index (χ4n) is 3.00. The predicted molar refractivity (Wildman–Crippen MR) is 109 cm³/mol. The predicted octanol–water partition coefficient (Wildman–Crippen LogP) is 1.75. The number of halogens is 1. The molecule has 0 saturated carbocycles. The van der Waals surface area contributed by atoms with Crippen LogP contribution in [0.1, 0.15) is 44.9 Å². The van der Waals surface area contributed by atoms with Crippen molar-refractivity contribution in [2.45, 2.75) is 51.6 Å². The van der Waals surface area contributed by atoms with Crippen LogP contribution < -0.4 is 10.6 Å². The smallest absolute Gasteiger partial charge is 0.191 e. The fraction of sp³-hybridized carbons (Fsp3) is 0.812. The van der Waals surface area contributed by atoms with E-state index < -0.39 is 0 Å². The quantitative estimate of drug-likeness (QED) is 0.287. The first-order valence-corrected chi connectivity index (χ1v) is 8.72. The number of rotatable bonds is 7. The number of hydrogen-bond donors (Lipinski definition) is 2. The standard InChI is InChI=1S/C16H31N7.HI/c1-14-8-4-6-10-23(14)11-7-5-9-18-16(17-2)19-12-15-20-13-21-22(15)3;/h13-14H,4-12H2,1-3H3,(H2,17,18,19);1H. The molecule has 7 nitrogen and oxygen atoms in total. The molecule has 8 heteroatoms. The summed E-state index contributed by atoms with van der Waals surface area (Å²) in [4.78, 5) is 11.1. The maximum Gasteiger partial charge on any atom is 0.191 e. The van der Waals surface area contributed by atoms with E-state index in [0.29, 0.717) is 6.54 Å². The van der Waals surface area contributed by atoms with Gasteiger partial charge in [0.2, 0.25) is 0 Å². The maximum atomic E-state index is 4.24. The molecule has 0 radical (unpaired) electrons. The number of aromatic nitrogens is 3. The van der Waals surface area contributed by atoms with Gasteiger partial charge in [-0.1, -0.05) is 6.42 Å². The Morgan fingerprint density at radius 2 is 2.17 bits per heavy atom. The summed E-state index contributed by atoms with van der Waals surface area (Å²) in [6, 6.07) is 0.762. The molecule has 138 valence electrons. The molecular formula is C16H32IN7. The van der Waals surface area contributed by atoms with Gasteiger partial charge in [-0.2, -0.15) is 5.10 Å². The van der Waals surface area contributed by atoms with E-state index in [2.05, 4.69) is 37.5 Å². The van der Waals surface area contributed by atoms with Gasteiger partial charge in [-0.15, -0.1) is 24.0 Å². The second-order valence-electron chi connectivity index (χ2n) is 6.24. The second-order valence-corrected chi connectivity index (χ2v) is 6.24. The molecule has 1 atom stereocenters. The number of guanidine groups is 1. The summed E-state index contributed by atoms with van der Waals surface area (Å²) in [5, 5.41) is 10.7. The van der Waals surface area contributed by atoms with Gasteiger partial charge in [0.1, 0.15) is 12.2 Å². The van der Waals surface area contributed by atoms with E-state index in [0.717, 1.165) is 30.8 Å². The van der Waals surface area contributed by atoms with Crippen LogP contribution >= 0.6 is 24.0 Å². The lowest BCUT2D eigenvalue weighted by Crippen LogP contribution is -2.39. The molecule has 1 saturated heterocycles. The summed E-state index contributed by atoms with van der Waals surface area (Å²) >= 11 is 0. The van der Waals surface area contributed by atoms with Crippen molar-refractivity contribution in [2.75, 3.05) is 26.7 Å². The Balaban J connectivity index is 0.00000288. The van der Waals surface area contributed by atoms with E-state index in [1.54, 1.807) is 18.1 Å². The molecule has 24 heavy (non-hydrogen) atoms. The zero-order valence-electron chi connectivity index (χ0n) is 15.2. The highest BCUT2D eigenvalue weighted by Gasteiger charge is 2.16. The number of aryl methyl sites for hydroxylation is 1. The van der Waals surface area contributed by atoms with Crippen molar-refractivity contribution in [3.63, 3.8) is 0 Å². The largest absolute Gasteiger partial charge is 0.356 e. The Bertz CT molecular complexity index is 489. The van der Waals surface area contributed by atoms with Gasteiger partial charge in [-0.25, -0.2) is 4.98 Å². The highest BCUT2D eigenvalue weighted by Crippen LogP contribution is 2.16. The van der Waals surface area contributed by atoms with Crippen LogP contribution in [-0.2, 0) is 13.6 Å². The molecular weight excluding hydrogens is 417 g/mol. The topological polar surface area (TPSA) is 70.4 Å². The van der Waals surface area contributed by atoms with Gasteiger partial charge >= 0.3 is 0 Å². The van der Waals surface area contributed by atoms with Crippen LogP contribution in [0, 0.1) is 0 Å². The highest BCUT2D eigenvalue weighted by atomic mass is 127. The molecule has 0 amide bonds. The van der Waals surface area contributed by atoms with Crippen LogP contribution in [0.25, 0.3) is 0 Å². The molecule has 2 rings (SSSR count). The van der Waals surface area contributed by atoms with Crippen molar-refractivity contribution in [3.05, 3.63) is 12.2 Å². The Hall–Kier alpha value is -0.900. The van der Waals surface area contributed by atoms with Gasteiger partial charge in [-0.05, 0) is 45.7 Å². The van der Waals surface area contributed by atoms with Gasteiger partial charge in [-0.3, -0.25) is 9.67 Å². The third kappa shape index (κ3) is 6.92. The highest BCUT2D eigenvalue weighted by molar-refractivity contribution is 14.0. The summed E-state index contributed by atoms with van der Waals surface area (Å²) in [5.41, 5.74) is 0.